The van der Waals surface area contributed by atoms with Crippen molar-refractivity contribution < 1.29 is 14.0 Å². The number of rotatable bonds is 6. The third-order valence-electron chi connectivity index (χ3n) is 2.83. The molecule has 6 heteroatoms. The SMILES string of the molecule is CCC(C)NC(=O)CCNC(=O)c1cc(Cl)ccc1F. The second kappa shape index (κ2) is 7.85. The van der Waals surface area contributed by atoms with Crippen molar-refractivity contribution in [3.63, 3.8) is 0 Å². The van der Waals surface area contributed by atoms with E-state index in [0.717, 1.165) is 12.5 Å². The molecule has 0 heterocycles. The van der Waals surface area contributed by atoms with Crippen LogP contribution in [0.15, 0.2) is 18.2 Å². The van der Waals surface area contributed by atoms with Gasteiger partial charge in [0.05, 0.1) is 5.56 Å². The van der Waals surface area contributed by atoms with Gasteiger partial charge in [-0.25, -0.2) is 4.39 Å². The Morgan fingerprint density at radius 3 is 2.75 bits per heavy atom. The lowest BCUT2D eigenvalue weighted by atomic mass is 10.2. The van der Waals surface area contributed by atoms with E-state index in [4.69, 9.17) is 11.6 Å². The Morgan fingerprint density at radius 1 is 1.40 bits per heavy atom. The quantitative estimate of drug-likeness (QED) is 0.848. The van der Waals surface area contributed by atoms with Crippen LogP contribution in [0.5, 0.6) is 0 Å². The van der Waals surface area contributed by atoms with E-state index in [1.165, 1.54) is 12.1 Å². The summed E-state index contributed by atoms with van der Waals surface area (Å²) in [5.41, 5.74) is -0.125. The smallest absolute Gasteiger partial charge is 0.254 e. The first-order chi connectivity index (χ1) is 9.43. The Labute approximate surface area is 122 Å². The largest absolute Gasteiger partial charge is 0.354 e. The van der Waals surface area contributed by atoms with E-state index in [1.54, 1.807) is 0 Å². The number of hydrogen-bond acceptors (Lipinski definition) is 2. The molecule has 0 aliphatic rings. The number of nitrogens with one attached hydrogen (secondary N) is 2. The van der Waals surface area contributed by atoms with Gasteiger partial charge >= 0.3 is 0 Å². The van der Waals surface area contributed by atoms with Crippen LogP contribution in [-0.4, -0.2) is 24.4 Å². The molecule has 1 rings (SSSR count). The van der Waals surface area contributed by atoms with Gasteiger partial charge < -0.3 is 10.6 Å². The fourth-order valence-corrected chi connectivity index (χ4v) is 1.68. The maximum absolute atomic E-state index is 13.4. The first-order valence-electron chi connectivity index (χ1n) is 6.46. The summed E-state index contributed by atoms with van der Waals surface area (Å²) >= 11 is 5.71. The van der Waals surface area contributed by atoms with E-state index in [9.17, 15) is 14.0 Å². The molecule has 1 atom stereocenters. The number of carbonyl (C=O) groups is 2. The summed E-state index contributed by atoms with van der Waals surface area (Å²) in [6.07, 6.45) is 0.990. The minimum atomic E-state index is -0.643. The maximum atomic E-state index is 13.4. The van der Waals surface area contributed by atoms with Crippen molar-refractivity contribution in [2.45, 2.75) is 32.7 Å². The minimum absolute atomic E-state index is 0.101. The average molecular weight is 301 g/mol. The predicted octanol–water partition coefficient (Wildman–Crippen LogP) is 2.51. The van der Waals surface area contributed by atoms with Crippen molar-refractivity contribution in [2.75, 3.05) is 6.54 Å². The molecule has 0 saturated carbocycles. The molecule has 0 bridgehead atoms. The summed E-state index contributed by atoms with van der Waals surface area (Å²) in [7, 11) is 0. The maximum Gasteiger partial charge on any atom is 0.254 e. The predicted molar refractivity (Wildman–Crippen MR) is 76.3 cm³/mol. The van der Waals surface area contributed by atoms with Gasteiger partial charge in [-0.2, -0.15) is 0 Å². The highest BCUT2D eigenvalue weighted by Crippen LogP contribution is 2.14. The molecule has 1 aromatic rings. The monoisotopic (exact) mass is 300 g/mol. The molecule has 2 amide bonds. The van der Waals surface area contributed by atoms with Crippen molar-refractivity contribution in [1.82, 2.24) is 10.6 Å². The van der Waals surface area contributed by atoms with Gasteiger partial charge in [0.15, 0.2) is 0 Å². The summed E-state index contributed by atoms with van der Waals surface area (Å²) in [4.78, 5) is 23.2. The molecular formula is C14H18ClFN2O2. The molecule has 110 valence electrons. The molecule has 1 unspecified atom stereocenters. The summed E-state index contributed by atoms with van der Waals surface area (Å²) in [6.45, 7) is 4.01. The molecule has 0 radical (unpaired) electrons. The van der Waals surface area contributed by atoms with Crippen molar-refractivity contribution in [3.8, 4) is 0 Å². The Hall–Kier alpha value is -1.62. The lowest BCUT2D eigenvalue weighted by molar-refractivity contribution is -0.121. The normalized spacial score (nSPS) is 11.8. The van der Waals surface area contributed by atoms with Gasteiger partial charge in [0.2, 0.25) is 5.91 Å². The third kappa shape index (κ3) is 5.17. The second-order valence-corrected chi connectivity index (χ2v) is 4.94. The van der Waals surface area contributed by atoms with Crippen molar-refractivity contribution in [3.05, 3.63) is 34.6 Å². The number of benzene rings is 1. The molecule has 0 saturated heterocycles. The highest BCUT2D eigenvalue weighted by atomic mass is 35.5. The Balaban J connectivity index is 2.44. The number of halogens is 2. The standard InChI is InChI=1S/C14H18ClFN2O2/c1-3-9(2)18-13(19)6-7-17-14(20)11-8-10(15)4-5-12(11)16/h4-5,8-9H,3,6-7H2,1-2H3,(H,17,20)(H,18,19). The van der Waals surface area contributed by atoms with Crippen molar-refractivity contribution in [2.24, 2.45) is 0 Å². The molecule has 1 aromatic carbocycles. The van der Waals surface area contributed by atoms with Gasteiger partial charge in [0.25, 0.3) is 5.91 Å². The summed E-state index contributed by atoms with van der Waals surface area (Å²) in [6, 6.07) is 3.86. The molecule has 0 aromatic heterocycles. The van der Waals surface area contributed by atoms with Gasteiger partial charge in [-0.15, -0.1) is 0 Å². The third-order valence-corrected chi connectivity index (χ3v) is 3.07. The van der Waals surface area contributed by atoms with E-state index in [2.05, 4.69) is 10.6 Å². The van der Waals surface area contributed by atoms with E-state index < -0.39 is 11.7 Å². The average Bonchev–Trinajstić information content (AvgIpc) is 2.41. The summed E-state index contributed by atoms with van der Waals surface area (Å²) in [5, 5.41) is 5.55. The fraction of sp³-hybridized carbons (Fsp3) is 0.429. The van der Waals surface area contributed by atoms with Crippen LogP contribution in [0, 0.1) is 5.82 Å². The highest BCUT2D eigenvalue weighted by Gasteiger charge is 2.12. The molecule has 20 heavy (non-hydrogen) atoms. The van der Waals surface area contributed by atoms with Gasteiger partial charge in [-0.05, 0) is 31.5 Å². The van der Waals surface area contributed by atoms with E-state index in [1.807, 2.05) is 13.8 Å². The van der Waals surface area contributed by atoms with E-state index >= 15 is 0 Å². The topological polar surface area (TPSA) is 58.2 Å². The lowest BCUT2D eigenvalue weighted by Crippen LogP contribution is -2.35. The van der Waals surface area contributed by atoms with Crippen LogP contribution in [0.2, 0.25) is 5.02 Å². The van der Waals surface area contributed by atoms with Crippen LogP contribution in [0.1, 0.15) is 37.0 Å². The molecule has 4 nitrogen and oxygen atoms in total. The van der Waals surface area contributed by atoms with Crippen LogP contribution in [0.4, 0.5) is 4.39 Å². The number of hydrogen-bond donors (Lipinski definition) is 2. The zero-order valence-corrected chi connectivity index (χ0v) is 12.3. The van der Waals surface area contributed by atoms with Crippen LogP contribution in [0.25, 0.3) is 0 Å². The van der Waals surface area contributed by atoms with Crippen LogP contribution >= 0.6 is 11.6 Å². The van der Waals surface area contributed by atoms with Crippen molar-refractivity contribution in [1.29, 1.82) is 0 Å². The zero-order valence-electron chi connectivity index (χ0n) is 11.5. The van der Waals surface area contributed by atoms with Crippen molar-refractivity contribution >= 4 is 23.4 Å². The van der Waals surface area contributed by atoms with Crippen LogP contribution in [0.3, 0.4) is 0 Å². The number of amides is 2. The Kier molecular flexibility index (Phi) is 6.45. The van der Waals surface area contributed by atoms with Gasteiger partial charge in [0, 0.05) is 24.0 Å². The van der Waals surface area contributed by atoms with Crippen LogP contribution in [-0.2, 0) is 4.79 Å². The van der Waals surface area contributed by atoms with E-state index in [0.29, 0.717) is 0 Å². The summed E-state index contributed by atoms with van der Waals surface area (Å²) < 4.78 is 13.4. The molecule has 0 spiro atoms. The first kappa shape index (κ1) is 16.4. The molecule has 2 N–H and O–H groups in total. The first-order valence-corrected chi connectivity index (χ1v) is 6.84. The molecular weight excluding hydrogens is 283 g/mol. The highest BCUT2D eigenvalue weighted by molar-refractivity contribution is 6.31. The minimum Gasteiger partial charge on any atom is -0.354 e. The Bertz CT molecular complexity index is 494. The molecule has 0 fully saturated rings. The molecule has 0 aliphatic carbocycles. The van der Waals surface area contributed by atoms with Crippen LogP contribution < -0.4 is 10.6 Å². The van der Waals surface area contributed by atoms with Gasteiger partial charge in [0.1, 0.15) is 5.82 Å². The zero-order chi connectivity index (χ0) is 15.1. The van der Waals surface area contributed by atoms with Gasteiger partial charge in [-0.3, -0.25) is 9.59 Å². The van der Waals surface area contributed by atoms with E-state index in [-0.39, 0.29) is 35.5 Å². The molecule has 0 aliphatic heterocycles. The summed E-state index contributed by atoms with van der Waals surface area (Å²) in [5.74, 6) is -1.37. The fourth-order valence-electron chi connectivity index (χ4n) is 1.51. The van der Waals surface area contributed by atoms with Gasteiger partial charge in [-0.1, -0.05) is 18.5 Å². The second-order valence-electron chi connectivity index (χ2n) is 4.51. The number of carbonyl (C=O) groups excluding carboxylic acids is 2. The lowest BCUT2D eigenvalue weighted by Gasteiger charge is -2.11. The Morgan fingerprint density at radius 2 is 2.10 bits per heavy atom.